The molecule has 2 rings (SSSR count). The Kier molecular flexibility index (Phi) is 4.15. The van der Waals surface area contributed by atoms with Gasteiger partial charge in [-0.3, -0.25) is 4.79 Å². The summed E-state index contributed by atoms with van der Waals surface area (Å²) in [6.07, 6.45) is 2.28. The predicted octanol–water partition coefficient (Wildman–Crippen LogP) is 1.96. The second-order valence-electron chi connectivity index (χ2n) is 4.43. The molecule has 1 aliphatic rings. The van der Waals surface area contributed by atoms with Crippen molar-refractivity contribution >= 4 is 5.91 Å². The first kappa shape index (κ1) is 12.1. The van der Waals surface area contributed by atoms with E-state index in [2.05, 4.69) is 5.32 Å². The highest BCUT2D eigenvalue weighted by atomic mass is 16.2. The van der Waals surface area contributed by atoms with Crippen LogP contribution in [0.25, 0.3) is 0 Å². The Bertz CT molecular complexity index is 358. The number of nitrogens with one attached hydrogen (secondary N) is 1. The number of amides is 1. The van der Waals surface area contributed by atoms with Crippen LogP contribution in [0.5, 0.6) is 0 Å². The lowest BCUT2D eigenvalue weighted by molar-refractivity contribution is -0.132. The molecule has 1 unspecified atom stereocenters. The molecule has 0 radical (unpaired) electrons. The smallest absolute Gasteiger partial charge is 0.244 e. The molecular weight excluding hydrogens is 212 g/mol. The van der Waals surface area contributed by atoms with Crippen LogP contribution >= 0.6 is 0 Å². The summed E-state index contributed by atoms with van der Waals surface area (Å²) in [6, 6.07) is 9.79. The zero-order valence-electron chi connectivity index (χ0n) is 10.4. The van der Waals surface area contributed by atoms with Gasteiger partial charge in [-0.1, -0.05) is 37.3 Å². The molecule has 1 atom stereocenters. The molecular formula is C14H20N2O. The normalized spacial score (nSPS) is 17.1. The van der Waals surface area contributed by atoms with E-state index >= 15 is 0 Å². The molecule has 3 nitrogen and oxygen atoms in total. The van der Waals surface area contributed by atoms with E-state index in [-0.39, 0.29) is 11.9 Å². The molecule has 1 aromatic rings. The molecule has 3 heteroatoms. The van der Waals surface area contributed by atoms with Crippen molar-refractivity contribution < 1.29 is 4.79 Å². The maximum Gasteiger partial charge on any atom is 0.244 e. The van der Waals surface area contributed by atoms with Gasteiger partial charge in [0.2, 0.25) is 5.91 Å². The van der Waals surface area contributed by atoms with Crippen molar-refractivity contribution in [2.75, 3.05) is 19.6 Å². The molecule has 1 amide bonds. The van der Waals surface area contributed by atoms with Crippen LogP contribution < -0.4 is 5.32 Å². The number of benzene rings is 1. The summed E-state index contributed by atoms with van der Waals surface area (Å²) in [5.74, 6) is 0.218. The molecule has 1 N–H and O–H groups in total. The minimum Gasteiger partial charge on any atom is -0.341 e. The second-order valence-corrected chi connectivity index (χ2v) is 4.43. The molecule has 1 aliphatic heterocycles. The third kappa shape index (κ3) is 2.86. The van der Waals surface area contributed by atoms with Gasteiger partial charge in [-0.2, -0.15) is 0 Å². The number of nitrogens with zero attached hydrogens (tertiary/aromatic N) is 1. The average molecular weight is 232 g/mol. The van der Waals surface area contributed by atoms with Crippen LogP contribution in [0.4, 0.5) is 0 Å². The Labute approximate surface area is 103 Å². The largest absolute Gasteiger partial charge is 0.341 e. The van der Waals surface area contributed by atoms with E-state index in [4.69, 9.17) is 0 Å². The second kappa shape index (κ2) is 5.82. The van der Waals surface area contributed by atoms with Crippen LogP contribution in [0.3, 0.4) is 0 Å². The number of hydrogen-bond acceptors (Lipinski definition) is 2. The molecule has 1 saturated heterocycles. The van der Waals surface area contributed by atoms with E-state index in [1.54, 1.807) is 0 Å². The van der Waals surface area contributed by atoms with Gasteiger partial charge in [-0.15, -0.1) is 0 Å². The highest BCUT2D eigenvalue weighted by Crippen LogP contribution is 2.18. The van der Waals surface area contributed by atoms with E-state index in [1.807, 2.05) is 42.2 Å². The van der Waals surface area contributed by atoms with E-state index < -0.39 is 0 Å². The Hall–Kier alpha value is -1.35. The summed E-state index contributed by atoms with van der Waals surface area (Å²) >= 11 is 0. The van der Waals surface area contributed by atoms with Crippen LogP contribution in [0.1, 0.15) is 31.4 Å². The average Bonchev–Trinajstić information content (AvgIpc) is 2.90. The fraction of sp³-hybridized carbons (Fsp3) is 0.500. The third-order valence-electron chi connectivity index (χ3n) is 3.21. The maximum absolute atomic E-state index is 12.4. The molecule has 1 heterocycles. The Balaban J connectivity index is 2.13. The molecule has 0 spiro atoms. The van der Waals surface area contributed by atoms with E-state index in [1.165, 1.54) is 0 Å². The maximum atomic E-state index is 12.4. The summed E-state index contributed by atoms with van der Waals surface area (Å²) in [4.78, 5) is 14.4. The Morgan fingerprint density at radius 3 is 2.53 bits per heavy atom. The number of rotatable bonds is 4. The van der Waals surface area contributed by atoms with Crippen molar-refractivity contribution in [3.63, 3.8) is 0 Å². The summed E-state index contributed by atoms with van der Waals surface area (Å²) in [5, 5.41) is 3.28. The van der Waals surface area contributed by atoms with Crippen molar-refractivity contribution in [2.24, 2.45) is 0 Å². The van der Waals surface area contributed by atoms with Crippen molar-refractivity contribution in [2.45, 2.75) is 25.8 Å². The lowest BCUT2D eigenvalue weighted by atomic mass is 10.1. The van der Waals surface area contributed by atoms with Crippen molar-refractivity contribution in [3.8, 4) is 0 Å². The Morgan fingerprint density at radius 1 is 1.29 bits per heavy atom. The number of hydrogen-bond donors (Lipinski definition) is 1. The highest BCUT2D eigenvalue weighted by Gasteiger charge is 2.26. The standard InChI is InChI=1S/C14H20N2O/c1-2-15-13(12-8-4-3-5-9-12)14(17)16-10-6-7-11-16/h3-5,8-9,13,15H,2,6-7,10-11H2,1H3. The first-order chi connectivity index (χ1) is 8.33. The van der Waals surface area contributed by atoms with Crippen LogP contribution in [0, 0.1) is 0 Å². The molecule has 1 fully saturated rings. The van der Waals surface area contributed by atoms with Crippen molar-refractivity contribution in [3.05, 3.63) is 35.9 Å². The summed E-state index contributed by atoms with van der Waals surface area (Å²) in [6.45, 7) is 4.66. The zero-order chi connectivity index (χ0) is 12.1. The fourth-order valence-electron chi connectivity index (χ4n) is 2.32. The van der Waals surface area contributed by atoms with Crippen LogP contribution in [-0.4, -0.2) is 30.4 Å². The molecule has 0 bridgehead atoms. The van der Waals surface area contributed by atoms with Crippen LogP contribution in [-0.2, 0) is 4.79 Å². The molecule has 0 aliphatic carbocycles. The summed E-state index contributed by atoms with van der Waals surface area (Å²) in [7, 11) is 0. The lowest BCUT2D eigenvalue weighted by Gasteiger charge is -2.24. The van der Waals surface area contributed by atoms with Gasteiger partial charge in [0, 0.05) is 13.1 Å². The van der Waals surface area contributed by atoms with Crippen LogP contribution in [0.2, 0.25) is 0 Å². The van der Waals surface area contributed by atoms with Gasteiger partial charge in [0.1, 0.15) is 6.04 Å². The summed E-state index contributed by atoms with van der Waals surface area (Å²) < 4.78 is 0. The van der Waals surface area contributed by atoms with Gasteiger partial charge in [0.05, 0.1) is 0 Å². The van der Waals surface area contributed by atoms with Gasteiger partial charge in [0.25, 0.3) is 0 Å². The first-order valence-corrected chi connectivity index (χ1v) is 6.40. The predicted molar refractivity (Wildman–Crippen MR) is 68.7 cm³/mol. The Morgan fingerprint density at radius 2 is 1.94 bits per heavy atom. The van der Waals surface area contributed by atoms with E-state index in [0.717, 1.165) is 38.0 Å². The lowest BCUT2D eigenvalue weighted by Crippen LogP contribution is -2.39. The minimum atomic E-state index is -0.181. The molecule has 0 aromatic heterocycles. The number of carbonyl (C=O) groups excluding carboxylic acids is 1. The highest BCUT2D eigenvalue weighted by molar-refractivity contribution is 5.83. The first-order valence-electron chi connectivity index (χ1n) is 6.40. The van der Waals surface area contributed by atoms with E-state index in [0.29, 0.717) is 0 Å². The fourth-order valence-corrected chi connectivity index (χ4v) is 2.32. The van der Waals surface area contributed by atoms with Gasteiger partial charge in [-0.05, 0) is 24.9 Å². The van der Waals surface area contributed by atoms with Gasteiger partial charge in [-0.25, -0.2) is 0 Å². The molecule has 92 valence electrons. The summed E-state index contributed by atoms with van der Waals surface area (Å²) in [5.41, 5.74) is 1.06. The van der Waals surface area contributed by atoms with Gasteiger partial charge < -0.3 is 10.2 Å². The minimum absolute atomic E-state index is 0.181. The van der Waals surface area contributed by atoms with Gasteiger partial charge >= 0.3 is 0 Å². The van der Waals surface area contributed by atoms with Crippen molar-refractivity contribution in [1.82, 2.24) is 10.2 Å². The SMILES string of the molecule is CCNC(C(=O)N1CCCC1)c1ccccc1. The zero-order valence-corrected chi connectivity index (χ0v) is 10.4. The van der Waals surface area contributed by atoms with E-state index in [9.17, 15) is 4.79 Å². The van der Waals surface area contributed by atoms with Crippen molar-refractivity contribution in [1.29, 1.82) is 0 Å². The monoisotopic (exact) mass is 232 g/mol. The number of likely N-dealkylation sites (N-methyl/N-ethyl adjacent to an activating group) is 1. The number of carbonyl (C=O) groups is 1. The topological polar surface area (TPSA) is 32.3 Å². The molecule has 0 saturated carbocycles. The quantitative estimate of drug-likeness (QED) is 0.860. The number of likely N-dealkylation sites (tertiary alicyclic amines) is 1. The van der Waals surface area contributed by atoms with Crippen LogP contribution in [0.15, 0.2) is 30.3 Å². The molecule has 17 heavy (non-hydrogen) atoms. The third-order valence-corrected chi connectivity index (χ3v) is 3.21. The molecule has 1 aromatic carbocycles. The van der Waals surface area contributed by atoms with Gasteiger partial charge in [0.15, 0.2) is 0 Å².